The van der Waals surface area contributed by atoms with E-state index in [0.717, 1.165) is 11.1 Å². The van der Waals surface area contributed by atoms with Crippen LogP contribution in [0.15, 0.2) is 144 Å². The summed E-state index contributed by atoms with van der Waals surface area (Å²) < 4.78 is 117. The molecule has 0 spiro atoms. The van der Waals surface area contributed by atoms with Crippen LogP contribution in [0.3, 0.4) is 0 Å². The zero-order valence-electron chi connectivity index (χ0n) is 45.6. The van der Waals surface area contributed by atoms with Crippen molar-refractivity contribution in [2.45, 2.75) is 62.2 Å². The standard InChI is InChI=1S/C27H29N5O6S.C25H24ClN5O4S/c1-27(2,3)18-10-12-19(13-11-18)39(34,35)32-23-22(38-21-9-6-5-8-20(21)36-4)26(37-17-16-33)31-25(30-23)24-28-14-7-15-29-24;1-25(2,3)16-10-12-17(13-11-16)36(32,33)31-22-20(35-19-9-6-5-8-18(19)34-4)21(26)29-24(30-22)23-27-14-7-15-28-23/h5-15,33H,16-17H2,1-4H3,(H,30,31,32);5-15H,1-4H3,(H,29,30,31)/i16D2,17D2;. The molecule has 0 atom stereocenters. The van der Waals surface area contributed by atoms with Gasteiger partial charge in [0.1, 0.15) is 6.56 Å². The van der Waals surface area contributed by atoms with Crippen molar-refractivity contribution in [3.05, 3.63) is 150 Å². The first-order chi connectivity index (χ1) is 37.1. The van der Waals surface area contributed by atoms with E-state index in [2.05, 4.69) is 49.3 Å². The lowest BCUT2D eigenvalue weighted by atomic mass is 9.87. The molecule has 8 rings (SSSR count). The monoisotopic (exact) mass is 1080 g/mol. The maximum Gasteiger partial charge on any atom is 0.263 e. The number of halogens is 1. The number of aliphatic hydroxyl groups is 1. The second-order valence-corrected chi connectivity index (χ2v) is 21.5. The second-order valence-electron chi connectivity index (χ2n) is 17.8. The van der Waals surface area contributed by atoms with Crippen molar-refractivity contribution in [2.24, 2.45) is 0 Å². The van der Waals surface area contributed by atoms with Crippen molar-refractivity contribution in [1.82, 2.24) is 39.9 Å². The third kappa shape index (κ3) is 13.8. The summed E-state index contributed by atoms with van der Waals surface area (Å²) in [5.74, 6) is -1.42. The minimum absolute atomic E-state index is 0.0220. The van der Waals surface area contributed by atoms with Crippen LogP contribution in [0.1, 0.15) is 58.2 Å². The van der Waals surface area contributed by atoms with Gasteiger partial charge in [-0.15, -0.1) is 0 Å². The van der Waals surface area contributed by atoms with E-state index in [4.69, 9.17) is 40.8 Å². The highest BCUT2D eigenvalue weighted by Gasteiger charge is 2.28. The summed E-state index contributed by atoms with van der Waals surface area (Å²) in [5.41, 5.74) is 1.53. The Hall–Kier alpha value is -8.05. The van der Waals surface area contributed by atoms with E-state index in [1.54, 1.807) is 72.8 Å². The highest BCUT2D eigenvalue weighted by atomic mass is 35.5. The van der Waals surface area contributed by atoms with Crippen LogP contribution in [0, 0.1) is 0 Å². The van der Waals surface area contributed by atoms with Crippen molar-refractivity contribution < 1.29 is 51.1 Å². The third-order valence-electron chi connectivity index (χ3n) is 10.5. The van der Waals surface area contributed by atoms with Crippen LogP contribution in [-0.4, -0.2) is 89.2 Å². The van der Waals surface area contributed by atoms with Crippen LogP contribution in [0.5, 0.6) is 40.4 Å². The second kappa shape index (κ2) is 23.4. The molecule has 0 fully saturated rings. The van der Waals surface area contributed by atoms with Crippen LogP contribution >= 0.6 is 11.6 Å². The van der Waals surface area contributed by atoms with E-state index in [9.17, 15) is 21.9 Å². The molecular weight excluding hydrogens is 1020 g/mol. The van der Waals surface area contributed by atoms with Crippen molar-refractivity contribution in [3.63, 3.8) is 0 Å². The van der Waals surface area contributed by atoms with Crippen molar-refractivity contribution in [1.29, 1.82) is 0 Å². The maximum atomic E-state index is 13.6. The molecule has 0 aliphatic carbocycles. The van der Waals surface area contributed by atoms with Crippen molar-refractivity contribution in [3.8, 4) is 63.7 Å². The summed E-state index contributed by atoms with van der Waals surface area (Å²) in [5, 5.41) is 9.69. The Morgan fingerprint density at radius 1 is 0.533 bits per heavy atom. The van der Waals surface area contributed by atoms with Gasteiger partial charge in [0.2, 0.25) is 23.1 Å². The van der Waals surface area contributed by atoms with Gasteiger partial charge in [-0.25, -0.2) is 51.7 Å². The maximum absolute atomic E-state index is 13.6. The number of para-hydroxylation sites is 4. The van der Waals surface area contributed by atoms with Crippen LogP contribution in [0.2, 0.25) is 5.15 Å². The molecule has 23 heteroatoms. The van der Waals surface area contributed by atoms with E-state index < -0.39 is 50.6 Å². The van der Waals surface area contributed by atoms with Gasteiger partial charge in [0, 0.05) is 24.8 Å². The number of nitrogens with one attached hydrogen (secondary N) is 2. The van der Waals surface area contributed by atoms with E-state index in [1.165, 1.54) is 75.4 Å². The minimum atomic E-state index is -4.36. The van der Waals surface area contributed by atoms with Gasteiger partial charge >= 0.3 is 0 Å². The fourth-order valence-corrected chi connectivity index (χ4v) is 8.83. The first-order valence-corrected chi connectivity index (χ1v) is 25.8. The third-order valence-corrected chi connectivity index (χ3v) is 13.4. The first-order valence-electron chi connectivity index (χ1n) is 24.4. The fraction of sp³-hybridized carbons (Fsp3) is 0.231. The summed E-state index contributed by atoms with van der Waals surface area (Å²) in [6.45, 7) is 5.19. The number of methoxy groups -OCH3 is 2. The van der Waals surface area contributed by atoms with Crippen LogP contribution in [-0.2, 0) is 30.9 Å². The SMILES string of the molecule is COc1ccccc1Oc1c(Cl)nc(-c2ncccn2)nc1NS(=O)(=O)c1ccc(C(C)(C)C)cc1.[2H]C([2H])(O)C([2H])([2H])Oc1nc(-c2ncccn2)nc(NS(=O)(=O)c2ccc(C(C)(C)C)cc2)c1Oc1ccccc1OC. The average Bonchev–Trinajstić information content (AvgIpc) is 3.42. The lowest BCUT2D eigenvalue weighted by molar-refractivity contribution is 0.192. The number of ether oxygens (including phenoxy) is 5. The Morgan fingerprint density at radius 2 is 0.920 bits per heavy atom. The first kappa shape index (κ1) is 49.2. The molecule has 390 valence electrons. The molecule has 8 aromatic rings. The summed E-state index contributed by atoms with van der Waals surface area (Å²) in [4.78, 5) is 33.3. The molecule has 0 unspecified atom stereocenters. The number of rotatable bonds is 17. The smallest absolute Gasteiger partial charge is 0.263 e. The molecule has 4 aromatic carbocycles. The number of hydrogen-bond acceptors (Lipinski definition) is 18. The number of anilines is 2. The molecule has 4 aromatic heterocycles. The highest BCUT2D eigenvalue weighted by molar-refractivity contribution is 7.93. The van der Waals surface area contributed by atoms with E-state index >= 15 is 0 Å². The molecule has 0 aliphatic rings. The zero-order valence-corrected chi connectivity index (χ0v) is 44.0. The molecule has 0 saturated carbocycles. The Kier molecular flexibility index (Phi) is 15.4. The molecule has 0 bridgehead atoms. The molecule has 0 amide bonds. The molecule has 0 saturated heterocycles. The largest absolute Gasteiger partial charge is 0.493 e. The molecule has 20 nitrogen and oxygen atoms in total. The highest BCUT2D eigenvalue weighted by Crippen LogP contribution is 2.43. The number of nitrogens with zero attached hydrogens (tertiary/aromatic N) is 8. The molecule has 0 aliphatic heterocycles. The van der Waals surface area contributed by atoms with E-state index in [1.807, 2.05) is 41.5 Å². The summed E-state index contributed by atoms with van der Waals surface area (Å²) >= 11 is 6.47. The lowest BCUT2D eigenvalue weighted by Gasteiger charge is -2.20. The molecular formula is C52H53ClN10O10S2. The molecule has 4 heterocycles. The predicted octanol–water partition coefficient (Wildman–Crippen LogP) is 9.69. The van der Waals surface area contributed by atoms with Crippen LogP contribution in [0.4, 0.5) is 11.6 Å². The van der Waals surface area contributed by atoms with Crippen molar-refractivity contribution in [2.75, 3.05) is 36.8 Å². The van der Waals surface area contributed by atoms with Gasteiger partial charge in [-0.05, 0) is 82.6 Å². The van der Waals surface area contributed by atoms with Gasteiger partial charge in [0.05, 0.1) is 36.1 Å². The van der Waals surface area contributed by atoms with Crippen molar-refractivity contribution >= 4 is 43.3 Å². The topological polar surface area (TPSA) is 262 Å². The van der Waals surface area contributed by atoms with E-state index in [-0.39, 0.29) is 72.1 Å². The lowest BCUT2D eigenvalue weighted by Crippen LogP contribution is -2.17. The fourth-order valence-electron chi connectivity index (χ4n) is 6.61. The Morgan fingerprint density at radius 3 is 1.32 bits per heavy atom. The van der Waals surface area contributed by atoms with E-state index in [0.29, 0.717) is 11.5 Å². The van der Waals surface area contributed by atoms with Crippen LogP contribution < -0.4 is 33.1 Å². The van der Waals surface area contributed by atoms with Crippen LogP contribution in [0.25, 0.3) is 23.3 Å². The molecule has 75 heavy (non-hydrogen) atoms. The zero-order chi connectivity index (χ0) is 57.6. The predicted molar refractivity (Wildman–Crippen MR) is 282 cm³/mol. The van der Waals surface area contributed by atoms with Gasteiger partial charge in [-0.1, -0.05) is 102 Å². The van der Waals surface area contributed by atoms with Gasteiger partial charge in [-0.3, -0.25) is 9.44 Å². The normalized spacial score (nSPS) is 12.8. The Balaban J connectivity index is 0.000000232. The van der Waals surface area contributed by atoms with Gasteiger partial charge in [0.15, 0.2) is 51.4 Å². The minimum Gasteiger partial charge on any atom is -0.493 e. The summed E-state index contributed by atoms with van der Waals surface area (Å²) in [7, 11) is -5.57. The number of benzene rings is 4. The average molecular weight is 1080 g/mol. The van der Waals surface area contributed by atoms with Gasteiger partial charge in [0.25, 0.3) is 25.9 Å². The molecule has 0 radical (unpaired) electrons. The molecule has 3 N–H and O–H groups in total. The number of aromatic nitrogens is 8. The Labute approximate surface area is 445 Å². The summed E-state index contributed by atoms with van der Waals surface area (Å²) in [6.07, 6.45) is 5.77. The van der Waals surface area contributed by atoms with Gasteiger partial charge < -0.3 is 28.8 Å². The number of hydrogen-bond donors (Lipinski definition) is 3. The quantitative estimate of drug-likeness (QED) is 0.0716. The summed E-state index contributed by atoms with van der Waals surface area (Å²) in [6, 6.07) is 29.1. The Bertz CT molecular complexity index is 3660. The number of sulfonamides is 2. The van der Waals surface area contributed by atoms with Gasteiger partial charge in [-0.2, -0.15) is 4.98 Å².